The largest absolute Gasteiger partial charge is 0.378 e. The summed E-state index contributed by atoms with van der Waals surface area (Å²) in [6.45, 7) is 5.34. The van der Waals surface area contributed by atoms with E-state index in [1.807, 2.05) is 12.4 Å². The Balaban J connectivity index is 1.85. The molecule has 0 radical (unpaired) electrons. The molecule has 100 valence electrons. The summed E-state index contributed by atoms with van der Waals surface area (Å²) in [6, 6.07) is 5.14. The molecule has 1 aromatic rings. The van der Waals surface area contributed by atoms with Crippen molar-refractivity contribution in [2.45, 2.75) is 57.7 Å². The molecular formula is C15H24N2O. The molecule has 3 atom stereocenters. The van der Waals surface area contributed by atoms with Crippen molar-refractivity contribution in [1.29, 1.82) is 0 Å². The van der Waals surface area contributed by atoms with Crippen LogP contribution in [-0.4, -0.2) is 23.7 Å². The standard InChI is InChI=1S/C15H24N2O/c1-3-4-15-11-14(7-10-18-15)17-12(2)13-5-8-16-9-6-13/h5-6,8-9,12,14-15,17H,3-4,7,10-11H2,1-2H3. The van der Waals surface area contributed by atoms with Crippen LogP contribution in [0.2, 0.25) is 0 Å². The number of hydrogen-bond donors (Lipinski definition) is 1. The third kappa shape index (κ3) is 3.79. The number of ether oxygens (including phenoxy) is 1. The average molecular weight is 248 g/mol. The Labute approximate surface area is 110 Å². The molecule has 0 spiro atoms. The zero-order valence-electron chi connectivity index (χ0n) is 11.4. The lowest BCUT2D eigenvalue weighted by Crippen LogP contribution is -2.40. The number of nitrogens with one attached hydrogen (secondary N) is 1. The molecule has 1 aliphatic heterocycles. The predicted molar refractivity (Wildman–Crippen MR) is 73.5 cm³/mol. The van der Waals surface area contributed by atoms with Crippen molar-refractivity contribution in [3.63, 3.8) is 0 Å². The quantitative estimate of drug-likeness (QED) is 0.869. The number of pyridine rings is 1. The van der Waals surface area contributed by atoms with Crippen LogP contribution in [0.3, 0.4) is 0 Å². The molecule has 2 rings (SSSR count). The van der Waals surface area contributed by atoms with E-state index in [1.165, 1.54) is 18.4 Å². The molecule has 0 aromatic carbocycles. The first-order chi connectivity index (χ1) is 8.79. The summed E-state index contributed by atoms with van der Waals surface area (Å²) in [5, 5.41) is 3.72. The normalized spacial score (nSPS) is 25.9. The summed E-state index contributed by atoms with van der Waals surface area (Å²) >= 11 is 0. The van der Waals surface area contributed by atoms with Gasteiger partial charge < -0.3 is 10.1 Å². The van der Waals surface area contributed by atoms with E-state index in [1.54, 1.807) is 0 Å². The second-order valence-electron chi connectivity index (χ2n) is 5.17. The Hall–Kier alpha value is -0.930. The van der Waals surface area contributed by atoms with Crippen molar-refractivity contribution < 1.29 is 4.74 Å². The fourth-order valence-electron chi connectivity index (χ4n) is 2.66. The fourth-order valence-corrected chi connectivity index (χ4v) is 2.66. The molecule has 1 aliphatic rings. The Morgan fingerprint density at radius 3 is 2.94 bits per heavy atom. The molecule has 3 nitrogen and oxygen atoms in total. The van der Waals surface area contributed by atoms with Crippen LogP contribution in [0.25, 0.3) is 0 Å². The van der Waals surface area contributed by atoms with Crippen molar-refractivity contribution in [1.82, 2.24) is 10.3 Å². The fraction of sp³-hybridized carbons (Fsp3) is 0.667. The van der Waals surface area contributed by atoms with Crippen LogP contribution in [0.1, 0.15) is 51.1 Å². The molecule has 2 heterocycles. The summed E-state index contributed by atoms with van der Waals surface area (Å²) in [5.41, 5.74) is 1.31. The predicted octanol–water partition coefficient (Wildman–Crippen LogP) is 3.08. The van der Waals surface area contributed by atoms with E-state index < -0.39 is 0 Å². The highest BCUT2D eigenvalue weighted by Crippen LogP contribution is 2.21. The van der Waals surface area contributed by atoms with Gasteiger partial charge in [-0.2, -0.15) is 0 Å². The smallest absolute Gasteiger partial charge is 0.0589 e. The molecule has 1 aromatic heterocycles. The molecule has 3 heteroatoms. The van der Waals surface area contributed by atoms with E-state index in [4.69, 9.17) is 4.74 Å². The number of hydrogen-bond acceptors (Lipinski definition) is 3. The third-order valence-corrected chi connectivity index (χ3v) is 3.67. The summed E-state index contributed by atoms with van der Waals surface area (Å²) in [6.07, 6.45) is 8.82. The van der Waals surface area contributed by atoms with Gasteiger partial charge in [0.05, 0.1) is 6.10 Å². The summed E-state index contributed by atoms with van der Waals surface area (Å²) in [5.74, 6) is 0. The maximum Gasteiger partial charge on any atom is 0.0589 e. The first-order valence-electron chi connectivity index (χ1n) is 7.07. The highest BCUT2D eigenvalue weighted by molar-refractivity contribution is 5.14. The monoisotopic (exact) mass is 248 g/mol. The van der Waals surface area contributed by atoms with Crippen LogP contribution in [0.5, 0.6) is 0 Å². The lowest BCUT2D eigenvalue weighted by molar-refractivity contribution is -0.00472. The van der Waals surface area contributed by atoms with Crippen molar-refractivity contribution >= 4 is 0 Å². The van der Waals surface area contributed by atoms with E-state index >= 15 is 0 Å². The SMILES string of the molecule is CCCC1CC(NC(C)c2ccncc2)CCO1. The summed E-state index contributed by atoms with van der Waals surface area (Å²) in [7, 11) is 0. The third-order valence-electron chi connectivity index (χ3n) is 3.67. The Kier molecular flexibility index (Phi) is 5.14. The molecule has 0 saturated carbocycles. The van der Waals surface area contributed by atoms with Gasteiger partial charge in [-0.3, -0.25) is 4.98 Å². The van der Waals surface area contributed by atoms with Crippen molar-refractivity contribution in [3.05, 3.63) is 30.1 Å². The summed E-state index contributed by atoms with van der Waals surface area (Å²) in [4.78, 5) is 4.06. The lowest BCUT2D eigenvalue weighted by atomic mass is 9.98. The van der Waals surface area contributed by atoms with Gasteiger partial charge in [-0.1, -0.05) is 13.3 Å². The molecule has 1 saturated heterocycles. The van der Waals surface area contributed by atoms with Gasteiger partial charge in [0.25, 0.3) is 0 Å². The van der Waals surface area contributed by atoms with Crippen LogP contribution in [0.4, 0.5) is 0 Å². The zero-order chi connectivity index (χ0) is 12.8. The molecule has 0 amide bonds. The first-order valence-corrected chi connectivity index (χ1v) is 7.07. The maximum atomic E-state index is 5.79. The number of nitrogens with zero attached hydrogens (tertiary/aromatic N) is 1. The van der Waals surface area contributed by atoms with Crippen LogP contribution in [0, 0.1) is 0 Å². The molecule has 1 N–H and O–H groups in total. The van der Waals surface area contributed by atoms with Gasteiger partial charge >= 0.3 is 0 Å². The average Bonchev–Trinajstić information content (AvgIpc) is 2.40. The van der Waals surface area contributed by atoms with Gasteiger partial charge in [0, 0.05) is 31.1 Å². The maximum absolute atomic E-state index is 5.79. The number of aromatic nitrogens is 1. The van der Waals surface area contributed by atoms with Crippen molar-refractivity contribution in [2.75, 3.05) is 6.61 Å². The van der Waals surface area contributed by atoms with Gasteiger partial charge in [-0.25, -0.2) is 0 Å². The van der Waals surface area contributed by atoms with E-state index in [0.717, 1.165) is 19.4 Å². The van der Waals surface area contributed by atoms with Gasteiger partial charge in [0.2, 0.25) is 0 Å². The first kappa shape index (κ1) is 13.5. The van der Waals surface area contributed by atoms with Gasteiger partial charge in [0.1, 0.15) is 0 Å². The van der Waals surface area contributed by atoms with Crippen molar-refractivity contribution in [3.8, 4) is 0 Å². The van der Waals surface area contributed by atoms with Gasteiger partial charge in [-0.15, -0.1) is 0 Å². The molecule has 0 aliphatic carbocycles. The topological polar surface area (TPSA) is 34.2 Å². The molecular weight excluding hydrogens is 224 g/mol. The molecule has 3 unspecified atom stereocenters. The molecule has 1 fully saturated rings. The Morgan fingerprint density at radius 1 is 1.44 bits per heavy atom. The molecule has 18 heavy (non-hydrogen) atoms. The Morgan fingerprint density at radius 2 is 2.22 bits per heavy atom. The van der Waals surface area contributed by atoms with E-state index in [0.29, 0.717) is 18.2 Å². The van der Waals surface area contributed by atoms with E-state index in [2.05, 4.69) is 36.3 Å². The highest BCUT2D eigenvalue weighted by atomic mass is 16.5. The lowest BCUT2D eigenvalue weighted by Gasteiger charge is -2.32. The van der Waals surface area contributed by atoms with Crippen molar-refractivity contribution in [2.24, 2.45) is 0 Å². The number of rotatable bonds is 5. The van der Waals surface area contributed by atoms with Crippen LogP contribution in [-0.2, 0) is 4.74 Å². The van der Waals surface area contributed by atoms with E-state index in [-0.39, 0.29) is 0 Å². The minimum atomic E-state index is 0.387. The van der Waals surface area contributed by atoms with Crippen LogP contribution in [0.15, 0.2) is 24.5 Å². The summed E-state index contributed by atoms with van der Waals surface area (Å²) < 4.78 is 5.79. The minimum Gasteiger partial charge on any atom is -0.378 e. The Bertz CT molecular complexity index is 340. The van der Waals surface area contributed by atoms with Crippen LogP contribution >= 0.6 is 0 Å². The minimum absolute atomic E-state index is 0.387. The van der Waals surface area contributed by atoms with E-state index in [9.17, 15) is 0 Å². The second-order valence-corrected chi connectivity index (χ2v) is 5.17. The van der Waals surface area contributed by atoms with Crippen LogP contribution < -0.4 is 5.32 Å². The van der Waals surface area contributed by atoms with Gasteiger partial charge in [0.15, 0.2) is 0 Å². The second kappa shape index (κ2) is 6.86. The zero-order valence-corrected chi connectivity index (χ0v) is 11.4. The molecule has 0 bridgehead atoms. The highest BCUT2D eigenvalue weighted by Gasteiger charge is 2.23. The van der Waals surface area contributed by atoms with Gasteiger partial charge in [-0.05, 0) is 43.9 Å².